The molecular formula is C24H19BrCl2FN3O4. The lowest BCUT2D eigenvalue weighted by atomic mass is 10.2. The van der Waals surface area contributed by atoms with Gasteiger partial charge < -0.3 is 14.8 Å². The molecule has 0 heterocycles. The van der Waals surface area contributed by atoms with Crippen molar-refractivity contribution in [1.82, 2.24) is 5.43 Å². The van der Waals surface area contributed by atoms with Crippen LogP contribution >= 0.6 is 39.1 Å². The van der Waals surface area contributed by atoms with Gasteiger partial charge in [0.1, 0.15) is 12.4 Å². The van der Waals surface area contributed by atoms with Gasteiger partial charge in [0.15, 0.2) is 11.5 Å². The van der Waals surface area contributed by atoms with Gasteiger partial charge in [-0.1, -0.05) is 45.2 Å². The van der Waals surface area contributed by atoms with Crippen LogP contribution in [0.5, 0.6) is 11.5 Å². The van der Waals surface area contributed by atoms with Gasteiger partial charge in [-0.25, -0.2) is 9.82 Å². The van der Waals surface area contributed by atoms with E-state index in [2.05, 4.69) is 31.8 Å². The molecule has 35 heavy (non-hydrogen) atoms. The molecule has 11 heteroatoms. The van der Waals surface area contributed by atoms with E-state index >= 15 is 0 Å². The molecule has 2 N–H and O–H groups in total. The lowest BCUT2D eigenvalue weighted by Crippen LogP contribution is -2.32. The molecular weight excluding hydrogens is 564 g/mol. The summed E-state index contributed by atoms with van der Waals surface area (Å²) < 4.78 is 25.8. The average molecular weight is 583 g/mol. The Balaban J connectivity index is 1.63. The van der Waals surface area contributed by atoms with Gasteiger partial charge in [-0.05, 0) is 61.0 Å². The zero-order chi connectivity index (χ0) is 25.4. The summed E-state index contributed by atoms with van der Waals surface area (Å²) in [6.45, 7) is 2.34. The number of carbonyl (C=O) groups is 2. The highest BCUT2D eigenvalue weighted by molar-refractivity contribution is 9.10. The average Bonchev–Trinajstić information content (AvgIpc) is 2.81. The maximum Gasteiger partial charge on any atom is 0.329 e. The van der Waals surface area contributed by atoms with Crippen molar-refractivity contribution in [3.05, 3.63) is 86.1 Å². The van der Waals surface area contributed by atoms with E-state index in [1.165, 1.54) is 18.3 Å². The van der Waals surface area contributed by atoms with Gasteiger partial charge in [-0.3, -0.25) is 9.59 Å². The van der Waals surface area contributed by atoms with Crippen LogP contribution in [0.3, 0.4) is 0 Å². The SMILES string of the molecule is CCOc1cc(/C=N/NC(=O)C(=O)Nc2ccc(Br)cc2F)ccc1OCc1c(Cl)cccc1Cl. The van der Waals surface area contributed by atoms with Crippen molar-refractivity contribution in [2.24, 2.45) is 5.10 Å². The molecule has 3 aromatic carbocycles. The van der Waals surface area contributed by atoms with Crippen LogP contribution in [0.2, 0.25) is 10.0 Å². The number of nitrogens with zero attached hydrogens (tertiary/aromatic N) is 1. The molecule has 0 aliphatic rings. The Kier molecular flexibility index (Phi) is 9.47. The standard InChI is InChI=1S/C24H19BrCl2FN3O4/c1-2-34-22-10-14(6-9-21(22)35-13-16-17(26)4-3-5-18(16)27)12-29-31-24(33)23(32)30-20-8-7-15(25)11-19(20)28/h3-12H,2,13H2,1H3,(H,30,32)(H,31,33)/b29-12+. The highest BCUT2D eigenvalue weighted by Gasteiger charge is 2.15. The Morgan fingerprint density at radius 3 is 2.46 bits per heavy atom. The fraction of sp³-hybridized carbons (Fsp3) is 0.125. The van der Waals surface area contributed by atoms with Gasteiger partial charge in [-0.15, -0.1) is 0 Å². The Morgan fingerprint density at radius 1 is 1.03 bits per heavy atom. The molecule has 0 radical (unpaired) electrons. The fourth-order valence-electron chi connectivity index (χ4n) is 2.80. The number of hydrazone groups is 1. The van der Waals surface area contributed by atoms with Crippen molar-refractivity contribution in [2.75, 3.05) is 11.9 Å². The van der Waals surface area contributed by atoms with Crippen LogP contribution in [-0.4, -0.2) is 24.6 Å². The molecule has 0 spiro atoms. The van der Waals surface area contributed by atoms with E-state index in [-0.39, 0.29) is 12.3 Å². The predicted molar refractivity (Wildman–Crippen MR) is 137 cm³/mol. The number of anilines is 1. The van der Waals surface area contributed by atoms with Crippen molar-refractivity contribution in [3.63, 3.8) is 0 Å². The first-order valence-corrected chi connectivity index (χ1v) is 11.7. The largest absolute Gasteiger partial charge is 0.490 e. The smallest absolute Gasteiger partial charge is 0.329 e. The van der Waals surface area contributed by atoms with Crippen LogP contribution in [0, 0.1) is 5.82 Å². The number of rotatable bonds is 8. The minimum atomic E-state index is -1.07. The van der Waals surface area contributed by atoms with Crippen LogP contribution < -0.4 is 20.2 Å². The minimum absolute atomic E-state index is 0.132. The molecule has 3 aromatic rings. The third-order valence-corrected chi connectivity index (χ3v) is 5.67. The van der Waals surface area contributed by atoms with Crippen LogP contribution in [-0.2, 0) is 16.2 Å². The van der Waals surface area contributed by atoms with Crippen LogP contribution in [0.15, 0.2) is 64.2 Å². The summed E-state index contributed by atoms with van der Waals surface area (Å²) in [5.41, 5.74) is 3.17. The van der Waals surface area contributed by atoms with Crippen LogP contribution in [0.1, 0.15) is 18.1 Å². The van der Waals surface area contributed by atoms with Crippen molar-refractivity contribution in [3.8, 4) is 11.5 Å². The molecule has 0 saturated heterocycles. The van der Waals surface area contributed by atoms with Gasteiger partial charge in [0, 0.05) is 20.1 Å². The second kappa shape index (κ2) is 12.5. The van der Waals surface area contributed by atoms with Gasteiger partial charge in [0.05, 0.1) is 18.5 Å². The van der Waals surface area contributed by atoms with Gasteiger partial charge >= 0.3 is 11.8 Å². The summed E-state index contributed by atoms with van der Waals surface area (Å²) in [7, 11) is 0. The van der Waals surface area contributed by atoms with E-state index in [0.717, 1.165) is 6.07 Å². The molecule has 0 saturated carbocycles. The van der Waals surface area contributed by atoms with Gasteiger partial charge in [0.2, 0.25) is 0 Å². The monoisotopic (exact) mass is 581 g/mol. The zero-order valence-corrected chi connectivity index (χ0v) is 21.4. The van der Waals surface area contributed by atoms with Gasteiger partial charge in [0.25, 0.3) is 0 Å². The van der Waals surface area contributed by atoms with Crippen LogP contribution in [0.25, 0.3) is 0 Å². The second-order valence-electron chi connectivity index (χ2n) is 6.91. The number of nitrogens with one attached hydrogen (secondary N) is 2. The molecule has 0 unspecified atom stereocenters. The van der Waals surface area contributed by atoms with Crippen LogP contribution in [0.4, 0.5) is 10.1 Å². The Hall–Kier alpha value is -3.14. The Bertz CT molecular complexity index is 1250. The van der Waals surface area contributed by atoms with E-state index in [1.807, 2.05) is 6.92 Å². The second-order valence-corrected chi connectivity index (χ2v) is 8.64. The molecule has 0 bridgehead atoms. The fourth-order valence-corrected chi connectivity index (χ4v) is 3.64. The summed E-state index contributed by atoms with van der Waals surface area (Å²) in [6.07, 6.45) is 1.32. The molecule has 0 aromatic heterocycles. The third kappa shape index (κ3) is 7.42. The summed E-state index contributed by atoms with van der Waals surface area (Å²) in [4.78, 5) is 24.0. The molecule has 182 valence electrons. The molecule has 0 fully saturated rings. The van der Waals surface area contributed by atoms with Crippen molar-refractivity contribution < 1.29 is 23.5 Å². The zero-order valence-electron chi connectivity index (χ0n) is 18.3. The highest BCUT2D eigenvalue weighted by atomic mass is 79.9. The highest BCUT2D eigenvalue weighted by Crippen LogP contribution is 2.31. The number of benzene rings is 3. The molecule has 3 rings (SSSR count). The lowest BCUT2D eigenvalue weighted by Gasteiger charge is -2.14. The Labute approximate surface area is 219 Å². The van der Waals surface area contributed by atoms with E-state index in [1.54, 1.807) is 36.4 Å². The summed E-state index contributed by atoms with van der Waals surface area (Å²) >= 11 is 15.5. The van der Waals surface area contributed by atoms with Gasteiger partial charge in [-0.2, -0.15) is 5.10 Å². The Morgan fingerprint density at radius 2 is 1.77 bits per heavy atom. The van der Waals surface area contributed by atoms with E-state index in [9.17, 15) is 14.0 Å². The normalized spacial score (nSPS) is 10.8. The van der Waals surface area contributed by atoms with Crippen molar-refractivity contribution in [2.45, 2.75) is 13.5 Å². The first-order chi connectivity index (χ1) is 16.8. The summed E-state index contributed by atoms with van der Waals surface area (Å²) in [6, 6.07) is 14.2. The van der Waals surface area contributed by atoms with E-state index in [0.29, 0.717) is 43.8 Å². The predicted octanol–water partition coefficient (Wildman–Crippen LogP) is 5.96. The van der Waals surface area contributed by atoms with E-state index in [4.69, 9.17) is 32.7 Å². The molecule has 2 amide bonds. The number of halogens is 4. The number of carbonyl (C=O) groups excluding carboxylic acids is 2. The topological polar surface area (TPSA) is 89.0 Å². The summed E-state index contributed by atoms with van der Waals surface area (Å²) in [5, 5.41) is 6.92. The minimum Gasteiger partial charge on any atom is -0.490 e. The molecule has 0 aliphatic heterocycles. The maximum atomic E-state index is 13.8. The number of hydrogen-bond donors (Lipinski definition) is 2. The van der Waals surface area contributed by atoms with E-state index < -0.39 is 17.6 Å². The summed E-state index contributed by atoms with van der Waals surface area (Å²) in [5.74, 6) is -1.92. The maximum absolute atomic E-state index is 13.8. The number of amides is 2. The first kappa shape index (κ1) is 26.5. The van der Waals surface area contributed by atoms with Crippen molar-refractivity contribution >= 4 is 62.8 Å². The molecule has 7 nitrogen and oxygen atoms in total. The molecule has 0 atom stereocenters. The lowest BCUT2D eigenvalue weighted by molar-refractivity contribution is -0.136. The quantitative estimate of drug-likeness (QED) is 0.195. The van der Waals surface area contributed by atoms with Crippen molar-refractivity contribution in [1.29, 1.82) is 0 Å². The third-order valence-electron chi connectivity index (χ3n) is 4.47. The first-order valence-electron chi connectivity index (χ1n) is 10.2. The number of hydrogen-bond acceptors (Lipinski definition) is 5. The number of ether oxygens (including phenoxy) is 2. The molecule has 0 aliphatic carbocycles.